The highest BCUT2D eigenvalue weighted by atomic mass is 35.5. The van der Waals surface area contributed by atoms with Crippen molar-refractivity contribution in [3.8, 4) is 11.1 Å². The van der Waals surface area contributed by atoms with Gasteiger partial charge in [0.2, 0.25) is 0 Å². The number of hydrogen-bond donors (Lipinski definition) is 2. The van der Waals surface area contributed by atoms with E-state index in [-0.39, 0.29) is 24.8 Å². The van der Waals surface area contributed by atoms with Crippen molar-refractivity contribution in [2.45, 2.75) is 32.0 Å². The molecule has 0 spiro atoms. The molecule has 4 aromatic rings. The molecule has 0 saturated heterocycles. The van der Waals surface area contributed by atoms with Crippen LogP contribution in [0.5, 0.6) is 0 Å². The van der Waals surface area contributed by atoms with Gasteiger partial charge in [-0.05, 0) is 59.9 Å². The van der Waals surface area contributed by atoms with Gasteiger partial charge in [-0.3, -0.25) is 0 Å². The number of anilines is 1. The largest absolute Gasteiger partial charge is 0.468 e. The summed E-state index contributed by atoms with van der Waals surface area (Å²) in [5.41, 5.74) is 4.58. The lowest BCUT2D eigenvalue weighted by Crippen LogP contribution is -2.12. The van der Waals surface area contributed by atoms with E-state index in [0.717, 1.165) is 35.6 Å². The maximum atomic E-state index is 5.37. The zero-order chi connectivity index (χ0) is 18.8. The summed E-state index contributed by atoms with van der Waals surface area (Å²) < 4.78 is 5.37. The third-order valence-electron chi connectivity index (χ3n) is 5.02. The van der Waals surface area contributed by atoms with Gasteiger partial charge in [0.15, 0.2) is 0 Å². The third-order valence-corrected chi connectivity index (χ3v) is 5.02. The monoisotopic (exact) mass is 442 g/mol. The standard InChI is InChI=1S/C23H22N4O.2ClH/c1-3-16(13-24-14-20-5-2-10-28-20)11-17(4-1)18-6-9-22-21(12-18)23(26-15-25-22)27-19-7-8-19;;/h1-6,9-12,15,19,24H,7-8,13-14H2,(H,25,26,27);2*1H. The van der Waals surface area contributed by atoms with Crippen LogP contribution in [-0.2, 0) is 13.1 Å². The summed E-state index contributed by atoms with van der Waals surface area (Å²) in [5, 5.41) is 8.02. The van der Waals surface area contributed by atoms with Crippen molar-refractivity contribution in [2.75, 3.05) is 5.32 Å². The first-order chi connectivity index (χ1) is 13.8. The Morgan fingerprint density at radius 1 is 0.900 bits per heavy atom. The number of rotatable bonds is 7. The van der Waals surface area contributed by atoms with Crippen molar-refractivity contribution in [1.82, 2.24) is 15.3 Å². The lowest BCUT2D eigenvalue weighted by Gasteiger charge is -2.10. The molecule has 30 heavy (non-hydrogen) atoms. The van der Waals surface area contributed by atoms with Gasteiger partial charge in [0.1, 0.15) is 17.9 Å². The zero-order valence-corrected chi connectivity index (χ0v) is 18.0. The highest BCUT2D eigenvalue weighted by Crippen LogP contribution is 2.30. The second-order valence-corrected chi connectivity index (χ2v) is 7.26. The number of furan rings is 1. The molecule has 0 unspecified atom stereocenters. The first kappa shape index (κ1) is 22.1. The quantitative estimate of drug-likeness (QED) is 0.390. The van der Waals surface area contributed by atoms with Gasteiger partial charge in [0, 0.05) is 18.0 Å². The molecule has 156 valence electrons. The van der Waals surface area contributed by atoms with Crippen molar-refractivity contribution >= 4 is 41.5 Å². The second-order valence-electron chi connectivity index (χ2n) is 7.26. The Bertz CT molecular complexity index is 1100. The molecular weight excluding hydrogens is 419 g/mol. The van der Waals surface area contributed by atoms with Crippen molar-refractivity contribution in [3.05, 3.63) is 78.5 Å². The molecule has 7 heteroatoms. The number of aromatic nitrogens is 2. The van der Waals surface area contributed by atoms with Crippen LogP contribution >= 0.6 is 24.8 Å². The molecule has 0 bridgehead atoms. The van der Waals surface area contributed by atoms with E-state index >= 15 is 0 Å². The number of nitrogens with one attached hydrogen (secondary N) is 2. The Balaban J connectivity index is 0.00000128. The van der Waals surface area contributed by atoms with Gasteiger partial charge < -0.3 is 15.1 Å². The fraction of sp³-hybridized carbons (Fsp3) is 0.217. The predicted molar refractivity (Wildman–Crippen MR) is 125 cm³/mol. The Kier molecular flexibility index (Phi) is 7.32. The Hall–Kier alpha value is -2.60. The number of halogens is 2. The van der Waals surface area contributed by atoms with E-state index in [1.807, 2.05) is 12.1 Å². The van der Waals surface area contributed by atoms with Crippen molar-refractivity contribution in [3.63, 3.8) is 0 Å². The third kappa shape index (κ3) is 5.11. The first-order valence-electron chi connectivity index (χ1n) is 9.69. The molecule has 0 radical (unpaired) electrons. The molecule has 5 rings (SSSR count). The fourth-order valence-corrected chi connectivity index (χ4v) is 3.38. The summed E-state index contributed by atoms with van der Waals surface area (Å²) in [7, 11) is 0. The molecule has 2 heterocycles. The Labute approximate surface area is 188 Å². The molecule has 1 saturated carbocycles. The van der Waals surface area contributed by atoms with Crippen LogP contribution in [0.2, 0.25) is 0 Å². The van der Waals surface area contributed by atoms with E-state index in [0.29, 0.717) is 6.04 Å². The van der Waals surface area contributed by atoms with E-state index in [1.54, 1.807) is 12.6 Å². The fourth-order valence-electron chi connectivity index (χ4n) is 3.38. The molecule has 0 atom stereocenters. The van der Waals surface area contributed by atoms with Crippen LogP contribution in [0.15, 0.2) is 71.6 Å². The number of benzene rings is 2. The second kappa shape index (κ2) is 9.94. The number of nitrogens with zero attached hydrogens (tertiary/aromatic N) is 2. The van der Waals surface area contributed by atoms with E-state index < -0.39 is 0 Å². The van der Waals surface area contributed by atoms with E-state index in [4.69, 9.17) is 4.42 Å². The molecule has 2 aromatic carbocycles. The molecule has 0 amide bonds. The summed E-state index contributed by atoms with van der Waals surface area (Å²) >= 11 is 0. The molecule has 2 N–H and O–H groups in total. The highest BCUT2D eigenvalue weighted by molar-refractivity contribution is 5.92. The van der Waals surface area contributed by atoms with Gasteiger partial charge in [-0.2, -0.15) is 0 Å². The zero-order valence-electron chi connectivity index (χ0n) is 16.4. The van der Waals surface area contributed by atoms with Gasteiger partial charge in [-0.25, -0.2) is 9.97 Å². The van der Waals surface area contributed by atoms with E-state index in [1.165, 1.54) is 29.5 Å². The summed E-state index contributed by atoms with van der Waals surface area (Å²) in [4.78, 5) is 8.88. The van der Waals surface area contributed by atoms with Crippen LogP contribution in [0.1, 0.15) is 24.2 Å². The smallest absolute Gasteiger partial charge is 0.137 e. The minimum Gasteiger partial charge on any atom is -0.468 e. The summed E-state index contributed by atoms with van der Waals surface area (Å²) in [6, 6.07) is 19.5. The maximum Gasteiger partial charge on any atom is 0.137 e. The molecule has 1 aliphatic rings. The van der Waals surface area contributed by atoms with Gasteiger partial charge in [0.05, 0.1) is 18.3 Å². The summed E-state index contributed by atoms with van der Waals surface area (Å²) in [6.45, 7) is 1.51. The molecule has 5 nitrogen and oxygen atoms in total. The molecule has 1 aliphatic carbocycles. The normalized spacial score (nSPS) is 12.8. The Morgan fingerprint density at radius 3 is 2.57 bits per heavy atom. The van der Waals surface area contributed by atoms with E-state index in [9.17, 15) is 0 Å². The lowest BCUT2D eigenvalue weighted by atomic mass is 10.0. The lowest BCUT2D eigenvalue weighted by molar-refractivity contribution is 0.483. The van der Waals surface area contributed by atoms with Gasteiger partial charge >= 0.3 is 0 Å². The van der Waals surface area contributed by atoms with Crippen LogP contribution in [-0.4, -0.2) is 16.0 Å². The van der Waals surface area contributed by atoms with Crippen LogP contribution in [0, 0.1) is 0 Å². The molecule has 0 aliphatic heterocycles. The van der Waals surface area contributed by atoms with Crippen molar-refractivity contribution in [1.29, 1.82) is 0 Å². The van der Waals surface area contributed by atoms with E-state index in [2.05, 4.69) is 63.1 Å². The molecular formula is C23H24Cl2N4O. The summed E-state index contributed by atoms with van der Waals surface area (Å²) in [6.07, 6.45) is 5.78. The van der Waals surface area contributed by atoms with Crippen LogP contribution in [0.4, 0.5) is 5.82 Å². The minimum absolute atomic E-state index is 0. The Morgan fingerprint density at radius 2 is 1.77 bits per heavy atom. The highest BCUT2D eigenvalue weighted by Gasteiger charge is 2.22. The number of fused-ring (bicyclic) bond motifs is 1. The summed E-state index contributed by atoms with van der Waals surface area (Å²) in [5.74, 6) is 1.88. The average molecular weight is 443 g/mol. The average Bonchev–Trinajstić information content (AvgIpc) is 3.40. The van der Waals surface area contributed by atoms with Crippen LogP contribution in [0.25, 0.3) is 22.0 Å². The number of hydrogen-bond acceptors (Lipinski definition) is 5. The SMILES string of the molecule is Cl.Cl.c1cc(CNCc2ccco2)cc(-c2ccc3ncnc(NC4CC4)c3c2)c1. The maximum absolute atomic E-state index is 5.37. The predicted octanol–water partition coefficient (Wildman–Crippen LogP) is 5.60. The van der Waals surface area contributed by atoms with Gasteiger partial charge in [-0.1, -0.05) is 24.3 Å². The minimum atomic E-state index is 0. The van der Waals surface area contributed by atoms with Gasteiger partial charge in [0.25, 0.3) is 0 Å². The van der Waals surface area contributed by atoms with Crippen molar-refractivity contribution < 1.29 is 4.42 Å². The first-order valence-corrected chi connectivity index (χ1v) is 9.69. The van der Waals surface area contributed by atoms with Crippen LogP contribution in [0.3, 0.4) is 0 Å². The topological polar surface area (TPSA) is 63.0 Å². The van der Waals surface area contributed by atoms with Gasteiger partial charge in [-0.15, -0.1) is 24.8 Å². The molecule has 1 fully saturated rings. The molecule has 2 aromatic heterocycles. The van der Waals surface area contributed by atoms with Crippen molar-refractivity contribution in [2.24, 2.45) is 0 Å². The van der Waals surface area contributed by atoms with Crippen LogP contribution < -0.4 is 10.6 Å².